The Morgan fingerprint density at radius 3 is 3.06 bits per heavy atom. The minimum Gasteiger partial charge on any atom is -0.466 e. The molecule has 0 aromatic heterocycles. The molecule has 1 heterocycles. The number of carbonyl (C=O) groups excluding carboxylic acids is 1. The predicted molar refractivity (Wildman–Crippen MR) is 67.2 cm³/mol. The predicted octanol–water partition coefficient (Wildman–Crippen LogP) is -0.0102. The second kappa shape index (κ2) is 6.69. The van der Waals surface area contributed by atoms with E-state index in [0.717, 1.165) is 0 Å². The number of guanidine groups is 1. The third-order valence-electron chi connectivity index (χ3n) is 1.67. The summed E-state index contributed by atoms with van der Waals surface area (Å²) in [4.78, 5) is 28.9. The fourth-order valence-corrected chi connectivity index (χ4v) is 1.89. The molecule has 1 aliphatic heterocycles. The first kappa shape index (κ1) is 14.1. The monoisotopic (exact) mass is 273 g/mol. The van der Waals surface area contributed by atoms with Crippen molar-refractivity contribution in [3.63, 3.8) is 0 Å². The second-order valence-corrected chi connectivity index (χ2v) is 3.98. The molecule has 0 aromatic rings. The molecule has 1 rings (SSSR count). The summed E-state index contributed by atoms with van der Waals surface area (Å²) in [7, 11) is 0. The first-order valence-electron chi connectivity index (χ1n) is 4.93. The van der Waals surface area contributed by atoms with Gasteiger partial charge >= 0.3 is 5.97 Å². The lowest BCUT2D eigenvalue weighted by molar-refractivity contribution is -0.485. The maximum absolute atomic E-state index is 11.2. The zero-order chi connectivity index (χ0) is 13.5. The van der Waals surface area contributed by atoms with Gasteiger partial charge in [-0.25, -0.2) is 15.1 Å². The van der Waals surface area contributed by atoms with Gasteiger partial charge in [0.1, 0.15) is 5.10 Å². The maximum atomic E-state index is 11.2. The highest BCUT2D eigenvalue weighted by atomic mass is 32.2. The third kappa shape index (κ3) is 4.91. The molecular weight excluding hydrogens is 262 g/mol. The van der Waals surface area contributed by atoms with Gasteiger partial charge in [-0.15, -0.1) is 0 Å². The van der Waals surface area contributed by atoms with Crippen LogP contribution >= 0.6 is 11.8 Å². The molecule has 0 aromatic carbocycles. The van der Waals surface area contributed by atoms with Gasteiger partial charge in [-0.05, 0) is 6.92 Å². The lowest BCUT2D eigenvalue weighted by Gasteiger charge is -1.99. The molecule has 1 aliphatic rings. The van der Waals surface area contributed by atoms with E-state index in [1.165, 1.54) is 11.8 Å². The van der Waals surface area contributed by atoms with Crippen molar-refractivity contribution in [2.45, 2.75) is 13.3 Å². The van der Waals surface area contributed by atoms with Crippen molar-refractivity contribution in [3.8, 4) is 0 Å². The molecular formula is C8H11N5O4S. The van der Waals surface area contributed by atoms with E-state index >= 15 is 0 Å². The van der Waals surface area contributed by atoms with Crippen LogP contribution in [-0.4, -0.2) is 40.2 Å². The molecule has 0 saturated carbocycles. The quantitative estimate of drug-likeness (QED) is 0.252. The topological polar surface area (TPSA) is 133 Å². The van der Waals surface area contributed by atoms with Crippen LogP contribution in [0.2, 0.25) is 0 Å². The number of amidine groups is 1. The summed E-state index contributed by atoms with van der Waals surface area (Å²) in [5.74, 6) is -0.378. The summed E-state index contributed by atoms with van der Waals surface area (Å²) >= 11 is 1.22. The van der Waals surface area contributed by atoms with Crippen molar-refractivity contribution in [1.29, 1.82) is 0 Å². The van der Waals surface area contributed by atoms with Gasteiger partial charge in [0.15, 0.2) is 10.2 Å². The standard InChI is InChI=1S/C8H11N5O4S/c1-2-17-6(14)3-5-4-18-8(10-5)11-7(9)12-13(15)16/h2-4H2,1H3,(H2,9,12)/b11-8+. The highest BCUT2D eigenvalue weighted by Crippen LogP contribution is 2.16. The summed E-state index contributed by atoms with van der Waals surface area (Å²) in [6.07, 6.45) is 0.0755. The van der Waals surface area contributed by atoms with Crippen LogP contribution in [0.25, 0.3) is 0 Å². The Kier molecular flexibility index (Phi) is 5.24. The van der Waals surface area contributed by atoms with Gasteiger partial charge in [-0.2, -0.15) is 4.99 Å². The fraction of sp³-hybridized carbons (Fsp3) is 0.500. The molecule has 98 valence electrons. The van der Waals surface area contributed by atoms with E-state index in [0.29, 0.717) is 18.1 Å². The Bertz CT molecular complexity index is 445. The number of aliphatic imine (C=N–C) groups is 2. The molecule has 18 heavy (non-hydrogen) atoms. The normalized spacial score (nSPS) is 17.7. The summed E-state index contributed by atoms with van der Waals surface area (Å²) in [6.45, 7) is 2.02. The van der Waals surface area contributed by atoms with Crippen LogP contribution in [0.4, 0.5) is 0 Å². The molecule has 10 heteroatoms. The van der Waals surface area contributed by atoms with Crippen molar-refractivity contribution in [3.05, 3.63) is 10.1 Å². The molecule has 0 spiro atoms. The number of nitrogens with two attached hydrogens (primary N) is 1. The molecule has 0 bridgehead atoms. The Labute approximate surface area is 106 Å². The summed E-state index contributed by atoms with van der Waals surface area (Å²) in [5, 5.41) is 12.1. The van der Waals surface area contributed by atoms with Crippen LogP contribution < -0.4 is 5.73 Å². The Balaban J connectivity index is 2.62. The van der Waals surface area contributed by atoms with Crippen molar-refractivity contribution < 1.29 is 14.6 Å². The largest absolute Gasteiger partial charge is 0.466 e. The first-order valence-corrected chi connectivity index (χ1v) is 5.91. The lowest BCUT2D eigenvalue weighted by Crippen LogP contribution is -2.12. The number of nitrogens with zero attached hydrogens (tertiary/aromatic N) is 4. The Hall–Kier alpha value is -1.97. The number of carbonyl (C=O) groups is 1. The minimum atomic E-state index is -0.942. The zero-order valence-electron chi connectivity index (χ0n) is 9.53. The second-order valence-electron chi connectivity index (χ2n) is 3.04. The lowest BCUT2D eigenvalue weighted by atomic mass is 10.3. The average molecular weight is 273 g/mol. The van der Waals surface area contributed by atoms with E-state index in [1.807, 2.05) is 0 Å². The first-order chi connectivity index (χ1) is 8.51. The number of ether oxygens (including phenoxy) is 1. The van der Waals surface area contributed by atoms with E-state index < -0.39 is 11.0 Å². The van der Waals surface area contributed by atoms with Gasteiger partial charge in [0, 0.05) is 11.5 Å². The molecule has 2 N–H and O–H groups in total. The molecule has 0 amide bonds. The van der Waals surface area contributed by atoms with E-state index in [9.17, 15) is 14.9 Å². The highest BCUT2D eigenvalue weighted by molar-refractivity contribution is 8.15. The van der Waals surface area contributed by atoms with E-state index in [-0.39, 0.29) is 17.6 Å². The highest BCUT2D eigenvalue weighted by Gasteiger charge is 2.17. The molecule has 9 nitrogen and oxygen atoms in total. The summed E-state index contributed by atoms with van der Waals surface area (Å²) < 4.78 is 4.77. The zero-order valence-corrected chi connectivity index (χ0v) is 10.3. The van der Waals surface area contributed by atoms with Crippen LogP contribution in [0.15, 0.2) is 15.1 Å². The number of rotatable bonds is 4. The summed E-state index contributed by atoms with van der Waals surface area (Å²) in [6, 6.07) is 0. The van der Waals surface area contributed by atoms with Crippen molar-refractivity contribution in [2.75, 3.05) is 12.4 Å². The SMILES string of the molecule is CCOC(=O)CC1=N/C(=N\C(N)=N\[N+](=O)[O-])SC1. The molecule has 0 unspecified atom stereocenters. The smallest absolute Gasteiger partial charge is 0.311 e. The van der Waals surface area contributed by atoms with Gasteiger partial charge in [0.25, 0.3) is 5.96 Å². The Morgan fingerprint density at radius 2 is 2.44 bits per heavy atom. The van der Waals surface area contributed by atoms with Gasteiger partial charge in [-0.3, -0.25) is 4.79 Å². The van der Waals surface area contributed by atoms with Crippen LogP contribution in [0, 0.1) is 10.1 Å². The molecule has 0 atom stereocenters. The van der Waals surface area contributed by atoms with Crippen LogP contribution in [0.3, 0.4) is 0 Å². The van der Waals surface area contributed by atoms with Crippen molar-refractivity contribution >= 4 is 34.6 Å². The van der Waals surface area contributed by atoms with Gasteiger partial charge in [0.05, 0.1) is 13.0 Å². The van der Waals surface area contributed by atoms with Gasteiger partial charge in [0.2, 0.25) is 0 Å². The minimum absolute atomic E-state index is 0.0755. The van der Waals surface area contributed by atoms with E-state index in [1.54, 1.807) is 6.92 Å². The van der Waals surface area contributed by atoms with E-state index in [4.69, 9.17) is 10.5 Å². The average Bonchev–Trinajstić information content (AvgIpc) is 2.64. The number of hydrogen-bond donors (Lipinski definition) is 1. The van der Waals surface area contributed by atoms with Gasteiger partial charge < -0.3 is 10.5 Å². The van der Waals surface area contributed by atoms with Crippen LogP contribution in [0.5, 0.6) is 0 Å². The third-order valence-corrected chi connectivity index (χ3v) is 2.59. The number of hydrazone groups is 1. The molecule has 0 fully saturated rings. The number of nitro groups is 1. The van der Waals surface area contributed by atoms with E-state index in [2.05, 4.69) is 15.1 Å². The summed E-state index contributed by atoms with van der Waals surface area (Å²) in [5.41, 5.74) is 5.78. The number of thioether (sulfide) groups is 1. The fourth-order valence-electron chi connectivity index (χ4n) is 1.08. The number of hydrogen-bond acceptors (Lipinski definition) is 5. The number of esters is 1. The van der Waals surface area contributed by atoms with Gasteiger partial charge in [-0.1, -0.05) is 11.8 Å². The van der Waals surface area contributed by atoms with Crippen molar-refractivity contribution in [2.24, 2.45) is 20.8 Å². The van der Waals surface area contributed by atoms with Crippen LogP contribution in [0.1, 0.15) is 13.3 Å². The Morgan fingerprint density at radius 1 is 1.72 bits per heavy atom. The maximum Gasteiger partial charge on any atom is 0.311 e. The molecule has 0 saturated heterocycles. The van der Waals surface area contributed by atoms with Crippen molar-refractivity contribution in [1.82, 2.24) is 0 Å². The molecule has 0 radical (unpaired) electrons. The van der Waals surface area contributed by atoms with Crippen LogP contribution in [-0.2, 0) is 9.53 Å². The molecule has 0 aliphatic carbocycles.